The summed E-state index contributed by atoms with van der Waals surface area (Å²) in [4.78, 5) is 38.3. The molecule has 0 saturated carbocycles. The van der Waals surface area contributed by atoms with Crippen LogP contribution in [0.4, 0.5) is 0 Å². The summed E-state index contributed by atoms with van der Waals surface area (Å²) in [7, 11) is 0. The maximum Gasteiger partial charge on any atom is 0.306 e. The molecule has 0 radical (unpaired) electrons. The molecule has 0 aromatic carbocycles. The second kappa shape index (κ2) is 61.4. The zero-order chi connectivity index (χ0) is 53.6. The number of hydrogen-bond acceptors (Lipinski definition) is 6. The van der Waals surface area contributed by atoms with Gasteiger partial charge in [-0.15, -0.1) is 0 Å². The summed E-state index contributed by atoms with van der Waals surface area (Å²) in [6.45, 7) is 6.45. The number of allylic oxidation sites excluding steroid dienone is 20. The molecule has 0 saturated heterocycles. The molecule has 0 heterocycles. The molecule has 1 atom stereocenters. The average Bonchev–Trinajstić information content (AvgIpc) is 3.40. The lowest BCUT2D eigenvalue weighted by molar-refractivity contribution is -0.167. The topological polar surface area (TPSA) is 78.9 Å². The van der Waals surface area contributed by atoms with Crippen molar-refractivity contribution in [2.75, 3.05) is 13.2 Å². The van der Waals surface area contributed by atoms with Crippen molar-refractivity contribution in [1.29, 1.82) is 0 Å². The van der Waals surface area contributed by atoms with Crippen LogP contribution in [-0.2, 0) is 28.6 Å². The van der Waals surface area contributed by atoms with Gasteiger partial charge < -0.3 is 14.2 Å². The van der Waals surface area contributed by atoms with E-state index in [0.29, 0.717) is 19.3 Å². The number of carbonyl (C=O) groups is 3. The van der Waals surface area contributed by atoms with E-state index in [1.165, 1.54) is 83.5 Å². The van der Waals surface area contributed by atoms with E-state index in [-0.39, 0.29) is 31.1 Å². The third-order valence-electron chi connectivity index (χ3n) is 12.7. The summed E-state index contributed by atoms with van der Waals surface area (Å²) < 4.78 is 16.9. The Balaban J connectivity index is 4.47. The Morgan fingerprint density at radius 1 is 0.284 bits per heavy atom. The van der Waals surface area contributed by atoms with Crippen LogP contribution in [-0.4, -0.2) is 37.2 Å². The molecule has 0 rings (SSSR count). The van der Waals surface area contributed by atoms with Crippen molar-refractivity contribution in [3.05, 3.63) is 122 Å². The summed E-state index contributed by atoms with van der Waals surface area (Å²) in [6.07, 6.45) is 84.7. The SMILES string of the molecule is CC/C=C\C/C=C\C/C=C\C/C=C\C/C=C\C/C=C\CCCCCCC(=O)OCC(COC(=O)CCCCCCC/C=C\CCCCCCC)OC(=O)CCCCCCCC/C=C\C/C=C\C/C=C\CCCCC. The fourth-order valence-corrected chi connectivity index (χ4v) is 8.09. The highest BCUT2D eigenvalue weighted by atomic mass is 16.6. The molecule has 0 aliphatic heterocycles. The highest BCUT2D eigenvalue weighted by Gasteiger charge is 2.19. The predicted octanol–water partition coefficient (Wildman–Crippen LogP) is 20.8. The van der Waals surface area contributed by atoms with Gasteiger partial charge in [-0.05, 0) is 135 Å². The Morgan fingerprint density at radius 3 is 0.865 bits per heavy atom. The number of hydrogen-bond donors (Lipinski definition) is 0. The monoisotopic (exact) mass is 1020 g/mol. The molecular weight excluding hydrogens is 913 g/mol. The third kappa shape index (κ3) is 58.7. The summed E-state index contributed by atoms with van der Waals surface area (Å²) >= 11 is 0. The van der Waals surface area contributed by atoms with E-state index in [1.807, 2.05) is 0 Å². The second-order valence-corrected chi connectivity index (χ2v) is 19.9. The van der Waals surface area contributed by atoms with Gasteiger partial charge >= 0.3 is 17.9 Å². The van der Waals surface area contributed by atoms with E-state index in [0.717, 1.165) is 148 Å². The van der Waals surface area contributed by atoms with Crippen molar-refractivity contribution in [1.82, 2.24) is 0 Å². The van der Waals surface area contributed by atoms with Crippen molar-refractivity contribution in [2.45, 2.75) is 277 Å². The van der Waals surface area contributed by atoms with Crippen molar-refractivity contribution in [2.24, 2.45) is 0 Å². The maximum absolute atomic E-state index is 12.9. The minimum atomic E-state index is -0.804. The Kier molecular flexibility index (Phi) is 57.9. The quantitative estimate of drug-likeness (QED) is 0.0261. The van der Waals surface area contributed by atoms with Crippen molar-refractivity contribution in [3.8, 4) is 0 Å². The van der Waals surface area contributed by atoms with Crippen LogP contribution in [0, 0.1) is 0 Å². The van der Waals surface area contributed by atoms with Crippen LogP contribution in [0.15, 0.2) is 122 Å². The first kappa shape index (κ1) is 69.8. The number of carbonyl (C=O) groups excluding carboxylic acids is 3. The lowest BCUT2D eigenvalue weighted by Crippen LogP contribution is -2.30. The van der Waals surface area contributed by atoms with Crippen LogP contribution in [0.25, 0.3) is 0 Å². The van der Waals surface area contributed by atoms with Gasteiger partial charge in [0.05, 0.1) is 0 Å². The predicted molar refractivity (Wildman–Crippen MR) is 320 cm³/mol. The van der Waals surface area contributed by atoms with E-state index in [4.69, 9.17) is 14.2 Å². The molecule has 74 heavy (non-hydrogen) atoms. The largest absolute Gasteiger partial charge is 0.462 e. The third-order valence-corrected chi connectivity index (χ3v) is 12.7. The fraction of sp³-hybridized carbons (Fsp3) is 0.662. The molecule has 0 aromatic rings. The number of esters is 3. The Morgan fingerprint density at radius 2 is 0.527 bits per heavy atom. The van der Waals surface area contributed by atoms with Gasteiger partial charge in [0.1, 0.15) is 13.2 Å². The summed E-state index contributed by atoms with van der Waals surface area (Å²) in [6, 6.07) is 0. The molecule has 0 aliphatic carbocycles. The van der Waals surface area contributed by atoms with Crippen LogP contribution >= 0.6 is 0 Å². The van der Waals surface area contributed by atoms with Gasteiger partial charge in [-0.3, -0.25) is 14.4 Å². The zero-order valence-corrected chi connectivity index (χ0v) is 48.1. The Labute approximate surface area is 456 Å². The minimum Gasteiger partial charge on any atom is -0.462 e. The molecule has 0 aliphatic rings. The molecule has 6 heteroatoms. The van der Waals surface area contributed by atoms with Crippen LogP contribution in [0.2, 0.25) is 0 Å². The standard InChI is InChI=1S/C68H112O6/c1-4-7-10-13-16-19-22-25-28-30-32-33-34-35-37-38-40-43-46-49-52-55-58-61-67(70)73-64-65(63-72-66(69)60-57-54-51-48-45-42-27-24-21-18-15-12-9-6-3)74-68(71)62-59-56-53-50-47-44-41-39-36-31-29-26-23-20-17-14-11-8-5-2/h7,10,16-17,19-20,24-29,32-33,35-37,39-40,43,65H,4-6,8-9,11-15,18,21-23,30-31,34,38,41-42,44-64H2,1-3H3/b10-7-,19-16-,20-17-,27-24-,28-25-,29-26-,33-32-,37-35-,39-36-,43-40-. The highest BCUT2D eigenvalue weighted by Crippen LogP contribution is 2.14. The first-order valence-electron chi connectivity index (χ1n) is 30.5. The molecule has 0 fully saturated rings. The molecule has 0 aromatic heterocycles. The van der Waals surface area contributed by atoms with Gasteiger partial charge in [0, 0.05) is 19.3 Å². The van der Waals surface area contributed by atoms with E-state index < -0.39 is 6.10 Å². The average molecular weight is 1030 g/mol. The minimum absolute atomic E-state index is 0.0986. The summed E-state index contributed by atoms with van der Waals surface area (Å²) in [5.41, 5.74) is 0. The van der Waals surface area contributed by atoms with Crippen LogP contribution < -0.4 is 0 Å². The first-order valence-corrected chi connectivity index (χ1v) is 30.5. The van der Waals surface area contributed by atoms with Crippen LogP contribution in [0.3, 0.4) is 0 Å². The van der Waals surface area contributed by atoms with E-state index >= 15 is 0 Å². The lowest BCUT2D eigenvalue weighted by Gasteiger charge is -2.18. The Hall–Kier alpha value is -4.19. The molecule has 0 amide bonds. The smallest absolute Gasteiger partial charge is 0.306 e. The van der Waals surface area contributed by atoms with E-state index in [2.05, 4.69) is 142 Å². The molecule has 0 N–H and O–H groups in total. The number of rotatable bonds is 54. The van der Waals surface area contributed by atoms with Crippen molar-refractivity contribution in [3.63, 3.8) is 0 Å². The van der Waals surface area contributed by atoms with Gasteiger partial charge in [-0.1, -0.05) is 239 Å². The molecule has 1 unspecified atom stereocenters. The normalized spacial score (nSPS) is 13.0. The molecule has 0 spiro atoms. The van der Waals surface area contributed by atoms with Gasteiger partial charge in [0.15, 0.2) is 6.10 Å². The molecule has 420 valence electrons. The maximum atomic E-state index is 12.9. The van der Waals surface area contributed by atoms with Crippen molar-refractivity contribution < 1.29 is 28.6 Å². The zero-order valence-electron chi connectivity index (χ0n) is 48.1. The van der Waals surface area contributed by atoms with Gasteiger partial charge in [-0.2, -0.15) is 0 Å². The number of ether oxygens (including phenoxy) is 3. The highest BCUT2D eigenvalue weighted by molar-refractivity contribution is 5.71. The lowest BCUT2D eigenvalue weighted by atomic mass is 10.1. The number of unbranched alkanes of at least 4 members (excludes halogenated alkanes) is 23. The summed E-state index contributed by atoms with van der Waals surface area (Å²) in [5.74, 6) is -0.943. The van der Waals surface area contributed by atoms with Gasteiger partial charge in [0.2, 0.25) is 0 Å². The molecule has 6 nitrogen and oxygen atoms in total. The van der Waals surface area contributed by atoms with E-state index in [9.17, 15) is 14.4 Å². The van der Waals surface area contributed by atoms with Crippen molar-refractivity contribution >= 4 is 17.9 Å². The van der Waals surface area contributed by atoms with Crippen LogP contribution in [0.1, 0.15) is 271 Å². The Bertz CT molecular complexity index is 1550. The second-order valence-electron chi connectivity index (χ2n) is 19.9. The fourth-order valence-electron chi connectivity index (χ4n) is 8.09. The molecular formula is C68H112O6. The first-order chi connectivity index (χ1) is 36.5. The summed E-state index contributed by atoms with van der Waals surface area (Å²) in [5, 5.41) is 0. The van der Waals surface area contributed by atoms with Gasteiger partial charge in [-0.25, -0.2) is 0 Å². The van der Waals surface area contributed by atoms with Crippen LogP contribution in [0.5, 0.6) is 0 Å². The van der Waals surface area contributed by atoms with Gasteiger partial charge in [0.25, 0.3) is 0 Å². The van der Waals surface area contributed by atoms with E-state index in [1.54, 1.807) is 0 Å². The molecule has 0 bridgehead atoms.